The van der Waals surface area contributed by atoms with Gasteiger partial charge >= 0.3 is 5.97 Å². The highest BCUT2D eigenvalue weighted by Crippen LogP contribution is 2.44. The summed E-state index contributed by atoms with van der Waals surface area (Å²) in [6.45, 7) is -0.919. The Hall–Kier alpha value is -2.28. The summed E-state index contributed by atoms with van der Waals surface area (Å²) in [5.74, 6) is -3.21. The van der Waals surface area contributed by atoms with Crippen molar-refractivity contribution < 1.29 is 32.5 Å². The fourth-order valence-electron chi connectivity index (χ4n) is 2.74. The van der Waals surface area contributed by atoms with E-state index in [1.54, 1.807) is 24.3 Å². The molecule has 1 aromatic carbocycles. The summed E-state index contributed by atoms with van der Waals surface area (Å²) in [6.07, 6.45) is 0. The van der Waals surface area contributed by atoms with Gasteiger partial charge in [-0.2, -0.15) is 8.42 Å². The number of fused-ring (bicyclic) bond motifs is 1. The normalized spacial score (nSPS) is 19.8. The number of rotatable bonds is 5. The van der Waals surface area contributed by atoms with Crippen LogP contribution >= 0.6 is 24.0 Å². The molecule has 2 aliphatic heterocycles. The number of carbonyl (C=O) groups excluding carboxylic acids is 2. The number of benzene rings is 1. The first-order valence-electron chi connectivity index (χ1n) is 7.46. The fraction of sp³-hybridized carbons (Fsp3) is 0.200. The van der Waals surface area contributed by atoms with E-state index in [9.17, 15) is 22.8 Å². The van der Waals surface area contributed by atoms with Crippen LogP contribution in [0.4, 0.5) is 5.69 Å². The van der Waals surface area contributed by atoms with E-state index in [1.807, 2.05) is 0 Å². The van der Waals surface area contributed by atoms with Crippen LogP contribution in [0.1, 0.15) is 5.56 Å². The zero-order valence-electron chi connectivity index (χ0n) is 13.5. The van der Waals surface area contributed by atoms with E-state index in [0.717, 1.165) is 21.6 Å². The summed E-state index contributed by atoms with van der Waals surface area (Å²) < 4.78 is 30.8. The molecule has 2 N–H and O–H groups in total. The molecule has 2 heterocycles. The van der Waals surface area contributed by atoms with E-state index in [4.69, 9.17) is 21.9 Å². The minimum Gasteiger partial charge on any atom is -0.480 e. The van der Waals surface area contributed by atoms with Crippen molar-refractivity contribution in [2.75, 3.05) is 23.7 Å². The Morgan fingerprint density at radius 3 is 2.44 bits per heavy atom. The Morgan fingerprint density at radius 1 is 1.15 bits per heavy atom. The van der Waals surface area contributed by atoms with Crippen LogP contribution in [0, 0.1) is 0 Å². The largest absolute Gasteiger partial charge is 0.480 e. The molecule has 2 aliphatic rings. The van der Waals surface area contributed by atoms with Crippen molar-refractivity contribution in [2.24, 2.45) is 0 Å². The molecule has 3 rings (SSSR count). The Labute approximate surface area is 163 Å². The molecule has 27 heavy (non-hydrogen) atoms. The number of hydrogen-bond donors (Lipinski definition) is 2. The van der Waals surface area contributed by atoms with Crippen LogP contribution < -0.4 is 4.90 Å². The number of carboxylic acid groups (broad SMARTS) is 1. The first kappa shape index (κ1) is 19.5. The fourth-order valence-corrected chi connectivity index (χ4v) is 4.53. The van der Waals surface area contributed by atoms with E-state index < -0.39 is 40.2 Å². The van der Waals surface area contributed by atoms with Crippen molar-refractivity contribution in [3.63, 3.8) is 0 Å². The van der Waals surface area contributed by atoms with Gasteiger partial charge in [0.25, 0.3) is 21.9 Å². The van der Waals surface area contributed by atoms with Gasteiger partial charge in [-0.3, -0.25) is 28.7 Å². The molecule has 2 amide bonds. The summed E-state index contributed by atoms with van der Waals surface area (Å²) >= 11 is 5.93. The lowest BCUT2D eigenvalue weighted by atomic mass is 10.1. The van der Waals surface area contributed by atoms with Gasteiger partial charge in [-0.15, -0.1) is 0 Å². The lowest BCUT2D eigenvalue weighted by molar-refractivity contribution is -0.136. The van der Waals surface area contributed by atoms with E-state index in [1.165, 1.54) is 0 Å². The molecule has 0 radical (unpaired) electrons. The van der Waals surface area contributed by atoms with Crippen molar-refractivity contribution in [2.45, 2.75) is 0 Å². The third-order valence-electron chi connectivity index (χ3n) is 3.87. The molecule has 0 aliphatic carbocycles. The minimum atomic E-state index is -4.30. The number of hydrogen-bond acceptors (Lipinski definition) is 7. The van der Waals surface area contributed by atoms with Crippen molar-refractivity contribution in [1.82, 2.24) is 4.90 Å². The van der Waals surface area contributed by atoms with Crippen LogP contribution in [0.2, 0.25) is 0 Å². The van der Waals surface area contributed by atoms with Crippen LogP contribution in [0.3, 0.4) is 0 Å². The number of amides is 2. The van der Waals surface area contributed by atoms with E-state index in [2.05, 4.69) is 0 Å². The average Bonchev–Trinajstić information content (AvgIpc) is 2.99. The molecule has 0 aromatic heterocycles. The predicted octanol–water partition coefficient (Wildman–Crippen LogP) is 0.577. The highest BCUT2D eigenvalue weighted by atomic mass is 32.2. The van der Waals surface area contributed by atoms with Gasteiger partial charge in [0.2, 0.25) is 0 Å². The number of carboxylic acids is 1. The SMILES string of the molecule is O=C(O)CN1C(=O)/C(=C2\SC(=S)N(CCS(=O)(=O)O)C2=O)c2ccccc21. The number of thiocarbonyl (C=S) groups is 1. The molecule has 1 aromatic rings. The van der Waals surface area contributed by atoms with E-state index in [-0.39, 0.29) is 21.3 Å². The van der Waals surface area contributed by atoms with Crippen molar-refractivity contribution in [3.05, 3.63) is 34.7 Å². The van der Waals surface area contributed by atoms with Gasteiger partial charge in [-0.25, -0.2) is 0 Å². The third-order valence-corrected chi connectivity index (χ3v) is 6.01. The van der Waals surface area contributed by atoms with Crippen molar-refractivity contribution in [3.8, 4) is 0 Å². The number of carbonyl (C=O) groups is 3. The smallest absolute Gasteiger partial charge is 0.323 e. The standard InChI is InChI=1S/C15H12N2O7S3/c18-10(19)7-17-9-4-2-1-3-8(9)11(13(17)20)12-14(21)16(15(25)26-12)5-6-27(22,23)24/h1-4H,5-7H2,(H,18,19)(H,22,23,24)/b12-11-. The second-order valence-electron chi connectivity index (χ2n) is 5.62. The zero-order valence-corrected chi connectivity index (χ0v) is 15.9. The van der Waals surface area contributed by atoms with Gasteiger partial charge < -0.3 is 5.11 Å². The number of nitrogens with zero attached hydrogens (tertiary/aromatic N) is 2. The molecule has 12 heteroatoms. The lowest BCUT2D eigenvalue weighted by Crippen LogP contribution is -2.34. The molecule has 0 saturated carbocycles. The van der Waals surface area contributed by atoms with Gasteiger partial charge in [0, 0.05) is 12.1 Å². The quantitative estimate of drug-likeness (QED) is 0.392. The Balaban J connectivity index is 2.03. The molecule has 9 nitrogen and oxygen atoms in total. The first-order chi connectivity index (χ1) is 12.6. The molecule has 0 atom stereocenters. The molecule has 142 valence electrons. The average molecular weight is 428 g/mol. The van der Waals surface area contributed by atoms with Crippen molar-refractivity contribution in [1.29, 1.82) is 0 Å². The predicted molar refractivity (Wildman–Crippen MR) is 102 cm³/mol. The summed E-state index contributed by atoms with van der Waals surface area (Å²) in [5.41, 5.74) is 0.792. The monoisotopic (exact) mass is 428 g/mol. The van der Waals surface area contributed by atoms with Crippen LogP contribution in [-0.4, -0.2) is 63.9 Å². The Kier molecular flexibility index (Phi) is 5.08. The second kappa shape index (κ2) is 7.03. The maximum atomic E-state index is 12.8. The van der Waals surface area contributed by atoms with Gasteiger partial charge in [0.05, 0.1) is 21.9 Å². The minimum absolute atomic E-state index is 0.000626. The molecular weight excluding hydrogens is 416 g/mol. The van der Waals surface area contributed by atoms with Crippen LogP contribution in [0.15, 0.2) is 29.2 Å². The molecule has 0 unspecified atom stereocenters. The molecule has 0 bridgehead atoms. The number of thioether (sulfide) groups is 1. The number of aliphatic carboxylic acids is 1. The van der Waals surface area contributed by atoms with Gasteiger partial charge in [-0.05, 0) is 6.07 Å². The first-order valence-corrected chi connectivity index (χ1v) is 10.3. The van der Waals surface area contributed by atoms with Crippen LogP contribution in [-0.2, 0) is 24.5 Å². The van der Waals surface area contributed by atoms with Gasteiger partial charge in [-0.1, -0.05) is 42.2 Å². The Morgan fingerprint density at radius 2 is 1.81 bits per heavy atom. The number of para-hydroxylation sites is 1. The van der Waals surface area contributed by atoms with E-state index >= 15 is 0 Å². The van der Waals surface area contributed by atoms with Gasteiger partial charge in [0.1, 0.15) is 10.9 Å². The number of anilines is 1. The lowest BCUT2D eigenvalue weighted by Gasteiger charge is -2.14. The van der Waals surface area contributed by atoms with Crippen LogP contribution in [0.5, 0.6) is 0 Å². The topological polar surface area (TPSA) is 132 Å². The summed E-state index contributed by atoms with van der Waals surface area (Å²) in [5, 5.41) is 9.06. The van der Waals surface area contributed by atoms with E-state index in [0.29, 0.717) is 11.3 Å². The highest BCUT2D eigenvalue weighted by Gasteiger charge is 2.42. The Bertz CT molecular complexity index is 1020. The molecular formula is C15H12N2O7S3. The van der Waals surface area contributed by atoms with Gasteiger partial charge in [0.15, 0.2) is 0 Å². The summed E-state index contributed by atoms with van der Waals surface area (Å²) in [6, 6.07) is 6.45. The third kappa shape index (κ3) is 3.74. The second-order valence-corrected chi connectivity index (χ2v) is 8.83. The summed E-state index contributed by atoms with van der Waals surface area (Å²) in [7, 11) is -4.30. The maximum Gasteiger partial charge on any atom is 0.323 e. The highest BCUT2D eigenvalue weighted by molar-refractivity contribution is 8.26. The maximum absolute atomic E-state index is 12.8. The zero-order chi connectivity index (χ0) is 19.9. The molecule has 1 saturated heterocycles. The molecule has 1 fully saturated rings. The van der Waals surface area contributed by atoms with Crippen molar-refractivity contribution >= 4 is 67.5 Å². The molecule has 0 spiro atoms. The summed E-state index contributed by atoms with van der Waals surface area (Å²) in [4.78, 5) is 38.6. The van der Waals surface area contributed by atoms with Crippen LogP contribution in [0.25, 0.3) is 5.57 Å².